The summed E-state index contributed by atoms with van der Waals surface area (Å²) in [5.41, 5.74) is -3.10. The van der Waals surface area contributed by atoms with Crippen LogP contribution in [0.3, 0.4) is 0 Å². The number of ether oxygens (including phenoxy) is 1. The Hall–Kier alpha value is -2.78. The van der Waals surface area contributed by atoms with Gasteiger partial charge in [-0.15, -0.1) is 0 Å². The van der Waals surface area contributed by atoms with E-state index in [1.165, 1.54) is 0 Å². The summed E-state index contributed by atoms with van der Waals surface area (Å²) in [5.74, 6) is -0.339. The summed E-state index contributed by atoms with van der Waals surface area (Å²) in [6.07, 6.45) is 2.37. The maximum Gasteiger partial charge on any atom is 0.426 e. The minimum absolute atomic E-state index is 0.143. The lowest BCUT2D eigenvalue weighted by Crippen LogP contribution is -2.05. The normalized spacial score (nSPS) is 10.1. The van der Waals surface area contributed by atoms with Gasteiger partial charge in [0.25, 0.3) is 0 Å². The molecule has 10 heteroatoms. The van der Waals surface area contributed by atoms with Crippen LogP contribution in [0.4, 0.5) is 17.1 Å². The van der Waals surface area contributed by atoms with Gasteiger partial charge in [-0.3, -0.25) is 30.3 Å². The van der Waals surface area contributed by atoms with Crippen LogP contribution in [0.1, 0.15) is 26.2 Å². The van der Waals surface area contributed by atoms with Crippen LogP contribution in [-0.2, 0) is 0 Å². The standard InChI is InChI=1S/C11H13N3O7/c1-2-3-4-7-21-9-6-5-8(12(15)16)10(13(17)18)11(9)14(19)20/h5-6H,2-4,7H2,1H3. The van der Waals surface area contributed by atoms with Gasteiger partial charge in [0.15, 0.2) is 0 Å². The van der Waals surface area contributed by atoms with E-state index >= 15 is 0 Å². The van der Waals surface area contributed by atoms with Gasteiger partial charge in [0.05, 0.1) is 21.4 Å². The molecule has 0 aliphatic carbocycles. The van der Waals surface area contributed by atoms with Gasteiger partial charge in [-0.2, -0.15) is 0 Å². The van der Waals surface area contributed by atoms with Crippen molar-refractivity contribution in [1.29, 1.82) is 0 Å². The van der Waals surface area contributed by atoms with Crippen LogP contribution in [0.15, 0.2) is 12.1 Å². The van der Waals surface area contributed by atoms with Crippen molar-refractivity contribution in [2.45, 2.75) is 26.2 Å². The summed E-state index contributed by atoms with van der Waals surface area (Å²) in [7, 11) is 0. The van der Waals surface area contributed by atoms with Crippen LogP contribution in [0.5, 0.6) is 5.75 Å². The van der Waals surface area contributed by atoms with Gasteiger partial charge in [0.2, 0.25) is 5.75 Å². The molecule has 0 bridgehead atoms. The second-order valence-corrected chi connectivity index (χ2v) is 4.11. The molecule has 0 saturated heterocycles. The first-order valence-corrected chi connectivity index (χ1v) is 6.13. The summed E-state index contributed by atoms with van der Waals surface area (Å²) < 4.78 is 5.16. The molecule has 0 N–H and O–H groups in total. The van der Waals surface area contributed by atoms with E-state index in [1.54, 1.807) is 0 Å². The number of nitro groups is 3. The number of nitro benzene ring substituents is 3. The van der Waals surface area contributed by atoms with Crippen LogP contribution in [0.25, 0.3) is 0 Å². The summed E-state index contributed by atoms with van der Waals surface area (Å²) in [6.45, 7) is 2.10. The van der Waals surface area contributed by atoms with Crippen molar-refractivity contribution in [2.24, 2.45) is 0 Å². The molecule has 0 fully saturated rings. The third-order valence-corrected chi connectivity index (χ3v) is 2.66. The van der Waals surface area contributed by atoms with E-state index < -0.39 is 31.8 Å². The Bertz CT molecular complexity index is 573. The van der Waals surface area contributed by atoms with E-state index in [0.29, 0.717) is 6.42 Å². The molecule has 1 aromatic carbocycles. The minimum atomic E-state index is -1.17. The second-order valence-electron chi connectivity index (χ2n) is 4.11. The highest BCUT2D eigenvalue weighted by Crippen LogP contribution is 2.42. The topological polar surface area (TPSA) is 139 Å². The Labute approximate surface area is 118 Å². The molecule has 0 saturated carbocycles. The maximum absolute atomic E-state index is 11.0. The lowest BCUT2D eigenvalue weighted by atomic mass is 10.2. The molecule has 0 aromatic heterocycles. The molecule has 0 aliphatic rings. The minimum Gasteiger partial charge on any atom is -0.487 e. The van der Waals surface area contributed by atoms with Gasteiger partial charge in [-0.1, -0.05) is 19.8 Å². The first-order chi connectivity index (χ1) is 9.90. The zero-order valence-electron chi connectivity index (χ0n) is 11.2. The van der Waals surface area contributed by atoms with E-state index in [9.17, 15) is 30.3 Å². The van der Waals surface area contributed by atoms with Crippen molar-refractivity contribution in [3.05, 3.63) is 42.5 Å². The molecule has 114 valence electrons. The summed E-state index contributed by atoms with van der Waals surface area (Å²) in [5, 5.41) is 32.7. The number of hydrogen-bond donors (Lipinski definition) is 0. The Morgan fingerprint density at radius 1 is 0.952 bits per heavy atom. The number of nitrogens with zero attached hydrogens (tertiary/aromatic N) is 3. The van der Waals surface area contributed by atoms with Crippen LogP contribution in [0, 0.1) is 30.3 Å². The summed E-state index contributed by atoms with van der Waals surface area (Å²) in [6, 6.07) is 1.84. The van der Waals surface area contributed by atoms with Gasteiger partial charge in [-0.25, -0.2) is 0 Å². The Balaban J connectivity index is 3.26. The van der Waals surface area contributed by atoms with E-state index in [-0.39, 0.29) is 12.4 Å². The molecule has 21 heavy (non-hydrogen) atoms. The number of rotatable bonds is 8. The molecule has 0 heterocycles. The maximum atomic E-state index is 11.0. The number of unbranched alkanes of at least 4 members (excludes halogenated alkanes) is 2. The summed E-state index contributed by atoms with van der Waals surface area (Å²) in [4.78, 5) is 29.5. The van der Waals surface area contributed by atoms with E-state index in [0.717, 1.165) is 25.0 Å². The highest BCUT2D eigenvalue weighted by molar-refractivity contribution is 5.71. The average molecular weight is 299 g/mol. The Morgan fingerprint density at radius 2 is 1.57 bits per heavy atom. The monoisotopic (exact) mass is 299 g/mol. The highest BCUT2D eigenvalue weighted by Gasteiger charge is 2.39. The molecule has 10 nitrogen and oxygen atoms in total. The fraction of sp³-hybridized carbons (Fsp3) is 0.455. The fourth-order valence-corrected chi connectivity index (χ4v) is 1.70. The van der Waals surface area contributed by atoms with E-state index in [2.05, 4.69) is 0 Å². The largest absolute Gasteiger partial charge is 0.487 e. The zero-order chi connectivity index (χ0) is 16.0. The van der Waals surface area contributed by atoms with Gasteiger partial charge in [0.1, 0.15) is 0 Å². The van der Waals surface area contributed by atoms with Crippen molar-refractivity contribution in [3.8, 4) is 5.75 Å². The molecule has 0 unspecified atom stereocenters. The molecule has 1 rings (SSSR count). The van der Waals surface area contributed by atoms with Crippen LogP contribution < -0.4 is 4.74 Å². The first kappa shape index (κ1) is 16.3. The Kier molecular flexibility index (Phi) is 5.52. The average Bonchev–Trinajstić information content (AvgIpc) is 2.42. The Morgan fingerprint density at radius 3 is 2.05 bits per heavy atom. The van der Waals surface area contributed by atoms with E-state index in [4.69, 9.17) is 4.74 Å². The van der Waals surface area contributed by atoms with Crippen molar-refractivity contribution >= 4 is 17.1 Å². The van der Waals surface area contributed by atoms with Crippen molar-refractivity contribution < 1.29 is 19.5 Å². The molecule has 1 aromatic rings. The van der Waals surface area contributed by atoms with Crippen molar-refractivity contribution in [1.82, 2.24) is 0 Å². The SMILES string of the molecule is CCCCCOc1ccc([N+](=O)[O-])c([N+](=O)[O-])c1[N+](=O)[O-]. The van der Waals surface area contributed by atoms with Gasteiger partial charge in [-0.05, 0) is 12.5 Å². The van der Waals surface area contributed by atoms with Gasteiger partial charge >= 0.3 is 17.1 Å². The third kappa shape index (κ3) is 3.84. The second kappa shape index (κ2) is 7.12. The smallest absolute Gasteiger partial charge is 0.426 e. The van der Waals surface area contributed by atoms with Gasteiger partial charge < -0.3 is 4.74 Å². The first-order valence-electron chi connectivity index (χ1n) is 6.13. The number of hydrogen-bond acceptors (Lipinski definition) is 7. The molecule has 0 radical (unpaired) electrons. The molecular weight excluding hydrogens is 286 g/mol. The van der Waals surface area contributed by atoms with Crippen LogP contribution in [0.2, 0.25) is 0 Å². The quantitative estimate of drug-likeness (QED) is 0.408. The zero-order valence-corrected chi connectivity index (χ0v) is 11.2. The van der Waals surface area contributed by atoms with Crippen LogP contribution >= 0.6 is 0 Å². The fourth-order valence-electron chi connectivity index (χ4n) is 1.70. The molecule has 0 atom stereocenters. The summed E-state index contributed by atoms with van der Waals surface area (Å²) >= 11 is 0. The third-order valence-electron chi connectivity index (χ3n) is 2.66. The predicted molar refractivity (Wildman–Crippen MR) is 71.4 cm³/mol. The molecule has 0 spiro atoms. The number of benzene rings is 1. The highest BCUT2D eigenvalue weighted by atomic mass is 16.6. The van der Waals surface area contributed by atoms with Crippen LogP contribution in [-0.4, -0.2) is 21.4 Å². The molecule has 0 aliphatic heterocycles. The predicted octanol–water partition coefficient (Wildman–Crippen LogP) is 2.98. The van der Waals surface area contributed by atoms with E-state index in [1.807, 2.05) is 6.92 Å². The van der Waals surface area contributed by atoms with Crippen molar-refractivity contribution in [2.75, 3.05) is 6.61 Å². The lowest BCUT2D eigenvalue weighted by Gasteiger charge is -2.06. The lowest BCUT2D eigenvalue weighted by molar-refractivity contribution is -0.441. The molecular formula is C11H13N3O7. The van der Waals surface area contributed by atoms with Gasteiger partial charge in [0, 0.05) is 6.07 Å². The van der Waals surface area contributed by atoms with Crippen molar-refractivity contribution in [3.63, 3.8) is 0 Å². The molecule has 0 amide bonds.